The van der Waals surface area contributed by atoms with E-state index >= 15 is 0 Å². The number of halogens is 2. The van der Waals surface area contributed by atoms with Crippen molar-refractivity contribution < 1.29 is 8.83 Å². The van der Waals surface area contributed by atoms with Gasteiger partial charge in [-0.1, -0.05) is 83.9 Å². The second kappa shape index (κ2) is 8.40. The number of hydrogen-bond acceptors (Lipinski definition) is 2. The lowest BCUT2D eigenvalue weighted by atomic mass is 9.99. The fourth-order valence-electron chi connectivity index (χ4n) is 6.45. The Hall–Kier alpha value is -4.70. The summed E-state index contributed by atoms with van der Waals surface area (Å²) in [6, 6.07) is 39.0. The van der Waals surface area contributed by atoms with Gasteiger partial charge in [-0.3, -0.25) is 0 Å². The number of aromatic nitrogens is 1. The summed E-state index contributed by atoms with van der Waals surface area (Å²) in [6.07, 6.45) is 0. The number of rotatable bonds is 2. The molecule has 0 saturated carbocycles. The first-order valence-corrected chi connectivity index (χ1v) is 14.2. The molecule has 6 aromatic carbocycles. The molecule has 0 radical (unpaired) electrons. The van der Waals surface area contributed by atoms with Gasteiger partial charge in [0.1, 0.15) is 22.3 Å². The third-order valence-corrected chi connectivity index (χ3v) is 8.69. The molecular formula is C36H19Cl2NO2. The van der Waals surface area contributed by atoms with Crippen LogP contribution in [0.3, 0.4) is 0 Å². The molecular weight excluding hydrogens is 549 g/mol. The van der Waals surface area contributed by atoms with Crippen molar-refractivity contribution in [2.24, 2.45) is 0 Å². The number of para-hydroxylation sites is 3. The molecule has 0 N–H and O–H groups in total. The van der Waals surface area contributed by atoms with Crippen LogP contribution < -0.4 is 0 Å². The number of benzene rings is 6. The lowest BCUT2D eigenvalue weighted by molar-refractivity contribution is 0.668. The highest BCUT2D eigenvalue weighted by Crippen LogP contribution is 2.46. The molecule has 194 valence electrons. The highest BCUT2D eigenvalue weighted by atomic mass is 35.5. The Morgan fingerprint density at radius 1 is 0.537 bits per heavy atom. The van der Waals surface area contributed by atoms with Gasteiger partial charge in [0.2, 0.25) is 0 Å². The molecule has 0 aliphatic rings. The zero-order chi connectivity index (χ0) is 27.2. The van der Waals surface area contributed by atoms with E-state index in [9.17, 15) is 0 Å². The van der Waals surface area contributed by atoms with Crippen LogP contribution in [0.25, 0.3) is 82.5 Å². The Bertz CT molecular complexity index is 2510. The van der Waals surface area contributed by atoms with Crippen molar-refractivity contribution in [3.8, 4) is 16.8 Å². The van der Waals surface area contributed by atoms with Crippen LogP contribution in [0.1, 0.15) is 0 Å². The Morgan fingerprint density at radius 2 is 1.29 bits per heavy atom. The van der Waals surface area contributed by atoms with Crippen molar-refractivity contribution in [2.75, 3.05) is 0 Å². The zero-order valence-corrected chi connectivity index (χ0v) is 23.0. The zero-order valence-electron chi connectivity index (χ0n) is 21.5. The summed E-state index contributed by atoms with van der Waals surface area (Å²) in [5.74, 6) is 0. The normalized spacial score (nSPS) is 12.1. The van der Waals surface area contributed by atoms with E-state index < -0.39 is 0 Å². The molecule has 0 spiro atoms. The minimum atomic E-state index is 0.639. The van der Waals surface area contributed by atoms with Gasteiger partial charge in [-0.15, -0.1) is 0 Å². The van der Waals surface area contributed by atoms with Gasteiger partial charge in [0.15, 0.2) is 0 Å². The van der Waals surface area contributed by atoms with Crippen LogP contribution in [-0.2, 0) is 0 Å². The number of fused-ring (bicyclic) bond motifs is 9. The Balaban J connectivity index is 1.49. The van der Waals surface area contributed by atoms with E-state index in [1.165, 1.54) is 0 Å². The molecule has 41 heavy (non-hydrogen) atoms. The fraction of sp³-hybridized carbons (Fsp3) is 0. The molecule has 9 rings (SSSR count). The van der Waals surface area contributed by atoms with Crippen molar-refractivity contribution in [1.29, 1.82) is 0 Å². The van der Waals surface area contributed by atoms with Crippen LogP contribution in [0.2, 0.25) is 10.0 Å². The highest BCUT2D eigenvalue weighted by molar-refractivity contribution is 6.36. The lowest BCUT2D eigenvalue weighted by Crippen LogP contribution is -1.96. The summed E-state index contributed by atoms with van der Waals surface area (Å²) in [5, 5.41) is 7.68. The summed E-state index contributed by atoms with van der Waals surface area (Å²) >= 11 is 13.5. The summed E-state index contributed by atoms with van der Waals surface area (Å²) < 4.78 is 15.1. The van der Waals surface area contributed by atoms with Gasteiger partial charge in [-0.05, 0) is 54.6 Å². The van der Waals surface area contributed by atoms with Crippen molar-refractivity contribution in [1.82, 2.24) is 4.57 Å². The predicted molar refractivity (Wildman–Crippen MR) is 171 cm³/mol. The number of hydrogen-bond donors (Lipinski definition) is 0. The highest BCUT2D eigenvalue weighted by Gasteiger charge is 2.23. The number of furan rings is 2. The maximum atomic E-state index is 7.04. The molecule has 0 atom stereocenters. The van der Waals surface area contributed by atoms with Gasteiger partial charge < -0.3 is 13.4 Å². The maximum absolute atomic E-state index is 7.04. The van der Waals surface area contributed by atoms with E-state index in [0.29, 0.717) is 10.0 Å². The van der Waals surface area contributed by atoms with Gasteiger partial charge in [0.05, 0.1) is 27.1 Å². The minimum Gasteiger partial charge on any atom is -0.456 e. The van der Waals surface area contributed by atoms with Crippen molar-refractivity contribution >= 4 is 88.9 Å². The summed E-state index contributed by atoms with van der Waals surface area (Å²) in [6.45, 7) is 0. The smallest absolute Gasteiger partial charge is 0.144 e. The lowest BCUT2D eigenvalue weighted by Gasteiger charge is -2.14. The first-order valence-electron chi connectivity index (χ1n) is 13.4. The monoisotopic (exact) mass is 567 g/mol. The standard InChI is InChI=1S/C36H19Cl2NO2/c37-20-15-18-31-26(19-20)34-29(12-6-14-32(34)40-31)39-28-11-3-1-7-21(28)23-9-5-10-25(35(23)39)33-27(38)17-16-24-22-8-2-4-13-30(22)41-36(24)33/h1-19H. The van der Waals surface area contributed by atoms with E-state index in [2.05, 4.69) is 59.2 Å². The van der Waals surface area contributed by atoms with Gasteiger partial charge in [0.25, 0.3) is 0 Å². The minimum absolute atomic E-state index is 0.639. The van der Waals surface area contributed by atoms with Crippen LogP contribution >= 0.6 is 23.2 Å². The maximum Gasteiger partial charge on any atom is 0.144 e. The average Bonchev–Trinajstić information content (AvgIpc) is 3.66. The molecule has 3 aromatic heterocycles. The Labute approximate surface area is 243 Å². The van der Waals surface area contributed by atoms with Crippen molar-refractivity contribution in [3.05, 3.63) is 125 Å². The Morgan fingerprint density at radius 3 is 2.22 bits per heavy atom. The third kappa shape index (κ3) is 3.16. The van der Waals surface area contributed by atoms with Gasteiger partial charge in [0, 0.05) is 43.1 Å². The molecule has 3 nitrogen and oxygen atoms in total. The molecule has 0 amide bonds. The van der Waals surface area contributed by atoms with Crippen molar-refractivity contribution in [2.45, 2.75) is 0 Å². The van der Waals surface area contributed by atoms with E-state index in [4.69, 9.17) is 32.0 Å². The SMILES string of the molecule is Clc1ccc2oc3cccc(-n4c5ccccc5c5cccc(-c6c(Cl)ccc7c6oc6ccccc67)c54)c3c2c1. The van der Waals surface area contributed by atoms with Crippen LogP contribution in [0.4, 0.5) is 0 Å². The summed E-state index contributed by atoms with van der Waals surface area (Å²) in [5.41, 5.74) is 8.24. The second-order valence-corrected chi connectivity index (χ2v) is 11.2. The Kier molecular flexibility index (Phi) is 4.72. The van der Waals surface area contributed by atoms with Crippen LogP contribution in [-0.4, -0.2) is 4.57 Å². The van der Waals surface area contributed by atoms with Gasteiger partial charge >= 0.3 is 0 Å². The molecule has 0 aliphatic carbocycles. The molecule has 3 heterocycles. The third-order valence-electron chi connectivity index (χ3n) is 8.14. The quantitative estimate of drug-likeness (QED) is 0.208. The molecule has 0 fully saturated rings. The van der Waals surface area contributed by atoms with Gasteiger partial charge in [-0.2, -0.15) is 0 Å². The average molecular weight is 568 g/mol. The first kappa shape index (κ1) is 23.0. The molecule has 0 unspecified atom stereocenters. The second-order valence-electron chi connectivity index (χ2n) is 10.3. The molecule has 0 saturated heterocycles. The topological polar surface area (TPSA) is 31.2 Å². The largest absolute Gasteiger partial charge is 0.456 e. The number of nitrogens with zero attached hydrogens (tertiary/aromatic N) is 1. The molecule has 5 heteroatoms. The fourth-order valence-corrected chi connectivity index (χ4v) is 6.88. The van der Waals surface area contributed by atoms with E-state index in [1.807, 2.05) is 60.7 Å². The van der Waals surface area contributed by atoms with E-state index in [-0.39, 0.29) is 0 Å². The van der Waals surface area contributed by atoms with Crippen LogP contribution in [0.5, 0.6) is 0 Å². The molecule has 0 bridgehead atoms. The van der Waals surface area contributed by atoms with Crippen molar-refractivity contribution in [3.63, 3.8) is 0 Å². The molecule has 9 aromatic rings. The molecule has 0 aliphatic heterocycles. The predicted octanol–water partition coefficient (Wildman–Crippen LogP) is 11.6. The first-order chi connectivity index (χ1) is 20.2. The van der Waals surface area contributed by atoms with Gasteiger partial charge in [-0.25, -0.2) is 0 Å². The van der Waals surface area contributed by atoms with Crippen LogP contribution in [0, 0.1) is 0 Å². The van der Waals surface area contributed by atoms with Crippen LogP contribution in [0.15, 0.2) is 124 Å². The van der Waals surface area contributed by atoms with E-state index in [1.54, 1.807) is 0 Å². The summed E-state index contributed by atoms with van der Waals surface area (Å²) in [7, 11) is 0. The summed E-state index contributed by atoms with van der Waals surface area (Å²) in [4.78, 5) is 0. The van der Waals surface area contributed by atoms with E-state index in [0.717, 1.165) is 82.5 Å².